The lowest BCUT2D eigenvalue weighted by atomic mass is 9.85. The first-order chi connectivity index (χ1) is 11.8. The van der Waals surface area contributed by atoms with Gasteiger partial charge in [0.15, 0.2) is 0 Å². The van der Waals surface area contributed by atoms with Crippen LogP contribution < -0.4 is 0 Å². The number of carbonyl (C=O) groups excluding carboxylic acids is 3. The van der Waals surface area contributed by atoms with Crippen LogP contribution in [0.1, 0.15) is 40.0 Å². The van der Waals surface area contributed by atoms with Crippen LogP contribution >= 0.6 is 0 Å². The Morgan fingerprint density at radius 2 is 2.04 bits per heavy atom. The maximum atomic E-state index is 12.0. The molecule has 2 aliphatic rings. The second-order valence-electron chi connectivity index (χ2n) is 6.47. The van der Waals surface area contributed by atoms with Crippen LogP contribution in [-0.2, 0) is 28.6 Å². The summed E-state index contributed by atoms with van der Waals surface area (Å²) in [4.78, 5) is 34.7. The van der Waals surface area contributed by atoms with E-state index in [1.54, 1.807) is 6.08 Å². The highest BCUT2D eigenvalue weighted by Gasteiger charge is 2.44. The summed E-state index contributed by atoms with van der Waals surface area (Å²) in [7, 11) is 0. The molecule has 6 heteroatoms. The van der Waals surface area contributed by atoms with Gasteiger partial charge in [-0.25, -0.2) is 4.79 Å². The van der Waals surface area contributed by atoms with Gasteiger partial charge in [0.2, 0.25) is 0 Å². The molecule has 3 atom stereocenters. The smallest absolute Gasteiger partial charge is 0.334 e. The van der Waals surface area contributed by atoms with Gasteiger partial charge >= 0.3 is 17.9 Å². The average molecular weight is 348 g/mol. The van der Waals surface area contributed by atoms with Gasteiger partial charge in [0.05, 0.1) is 5.92 Å². The highest BCUT2D eigenvalue weighted by atomic mass is 16.6. The zero-order chi connectivity index (χ0) is 18.6. The Kier molecular flexibility index (Phi) is 6.17. The Morgan fingerprint density at radius 1 is 1.32 bits per heavy atom. The minimum absolute atomic E-state index is 0.124. The number of rotatable bonds is 3. The molecule has 1 saturated heterocycles. The zero-order valence-corrected chi connectivity index (χ0v) is 14.9. The summed E-state index contributed by atoms with van der Waals surface area (Å²) in [6.07, 6.45) is 4.74. The van der Waals surface area contributed by atoms with Crippen molar-refractivity contribution in [3.63, 3.8) is 0 Å². The molecule has 0 saturated carbocycles. The van der Waals surface area contributed by atoms with Gasteiger partial charge in [0.25, 0.3) is 0 Å². The lowest BCUT2D eigenvalue weighted by molar-refractivity contribution is -0.147. The maximum absolute atomic E-state index is 12.0. The quantitative estimate of drug-likeness (QED) is 0.338. The zero-order valence-electron chi connectivity index (χ0n) is 14.9. The topological polar surface area (TPSA) is 78.9 Å². The Labute approximate surface area is 147 Å². The SMILES string of the molecule is C=C1C(=O)OC2CC(C)=CCCC(COC(C)=O)=CC(OC(C)=O)C12. The Hall–Kier alpha value is -2.37. The third-order valence-electron chi connectivity index (χ3n) is 4.32. The molecule has 0 N–H and O–H groups in total. The number of ether oxygens (including phenoxy) is 3. The first-order valence-corrected chi connectivity index (χ1v) is 8.33. The predicted octanol–water partition coefficient (Wildman–Crippen LogP) is 2.64. The summed E-state index contributed by atoms with van der Waals surface area (Å²) in [5.41, 5.74) is 2.22. The number of fused-ring (bicyclic) bond motifs is 1. The molecule has 1 aliphatic heterocycles. The van der Waals surface area contributed by atoms with Gasteiger partial charge in [-0.15, -0.1) is 0 Å². The van der Waals surface area contributed by atoms with Gasteiger partial charge in [-0.05, 0) is 31.4 Å². The van der Waals surface area contributed by atoms with E-state index in [9.17, 15) is 14.4 Å². The van der Waals surface area contributed by atoms with Crippen molar-refractivity contribution in [2.45, 2.75) is 52.2 Å². The number of esters is 3. The van der Waals surface area contributed by atoms with Crippen LogP contribution in [0.4, 0.5) is 0 Å². The van der Waals surface area contributed by atoms with Crippen molar-refractivity contribution in [2.24, 2.45) is 5.92 Å². The first-order valence-electron chi connectivity index (χ1n) is 8.33. The third-order valence-corrected chi connectivity index (χ3v) is 4.32. The van der Waals surface area contributed by atoms with Crippen molar-refractivity contribution >= 4 is 17.9 Å². The third kappa shape index (κ3) is 5.05. The molecular weight excluding hydrogens is 324 g/mol. The minimum atomic E-state index is -0.682. The van der Waals surface area contributed by atoms with E-state index >= 15 is 0 Å². The van der Waals surface area contributed by atoms with Crippen molar-refractivity contribution in [3.05, 3.63) is 35.5 Å². The van der Waals surface area contributed by atoms with Crippen LogP contribution in [0.3, 0.4) is 0 Å². The molecule has 1 heterocycles. The molecule has 6 nitrogen and oxygen atoms in total. The fourth-order valence-electron chi connectivity index (χ4n) is 3.16. The van der Waals surface area contributed by atoms with Crippen LogP contribution in [0.5, 0.6) is 0 Å². The molecule has 1 aliphatic carbocycles. The highest BCUT2D eigenvalue weighted by molar-refractivity contribution is 5.91. The van der Waals surface area contributed by atoms with Crippen LogP contribution in [0.2, 0.25) is 0 Å². The van der Waals surface area contributed by atoms with Gasteiger partial charge < -0.3 is 14.2 Å². The molecule has 0 amide bonds. The van der Waals surface area contributed by atoms with Crippen molar-refractivity contribution in [1.29, 1.82) is 0 Å². The van der Waals surface area contributed by atoms with E-state index in [0.717, 1.165) is 17.6 Å². The second kappa shape index (κ2) is 8.14. The lowest BCUT2D eigenvalue weighted by Gasteiger charge is -2.26. The van der Waals surface area contributed by atoms with Gasteiger partial charge in [0.1, 0.15) is 18.8 Å². The Morgan fingerprint density at radius 3 is 2.68 bits per heavy atom. The lowest BCUT2D eigenvalue weighted by Crippen LogP contribution is -2.32. The van der Waals surface area contributed by atoms with E-state index in [1.165, 1.54) is 13.8 Å². The summed E-state index contributed by atoms with van der Waals surface area (Å²) in [5.74, 6) is -1.75. The van der Waals surface area contributed by atoms with E-state index < -0.39 is 30.1 Å². The van der Waals surface area contributed by atoms with Gasteiger partial charge in [-0.1, -0.05) is 18.2 Å². The fraction of sp³-hybridized carbons (Fsp3) is 0.526. The van der Waals surface area contributed by atoms with Gasteiger partial charge in [-0.3, -0.25) is 9.59 Å². The molecule has 25 heavy (non-hydrogen) atoms. The highest BCUT2D eigenvalue weighted by Crippen LogP contribution is 2.36. The molecular formula is C19H24O6. The standard InChI is InChI=1S/C19H24O6/c1-11-6-5-7-15(10-23-13(3)20)9-17(24-14(4)21)18-12(2)19(22)25-16(18)8-11/h6,9,16-18H,2,5,7-8,10H2,1,3-4H3. The fourth-order valence-corrected chi connectivity index (χ4v) is 3.16. The molecule has 0 aromatic carbocycles. The van der Waals surface area contributed by atoms with Crippen molar-refractivity contribution < 1.29 is 28.6 Å². The van der Waals surface area contributed by atoms with Crippen LogP contribution in [-0.4, -0.2) is 36.7 Å². The minimum Gasteiger partial charge on any atom is -0.461 e. The summed E-state index contributed by atoms with van der Waals surface area (Å²) in [6, 6.07) is 0. The normalized spacial score (nSPS) is 26.8. The van der Waals surface area contributed by atoms with Crippen LogP contribution in [0.15, 0.2) is 35.5 Å². The molecule has 2 rings (SSSR count). The molecule has 136 valence electrons. The molecule has 0 aromatic heterocycles. The van der Waals surface area contributed by atoms with E-state index in [4.69, 9.17) is 14.2 Å². The van der Waals surface area contributed by atoms with Crippen LogP contribution in [0, 0.1) is 5.92 Å². The van der Waals surface area contributed by atoms with Gasteiger partial charge in [0, 0.05) is 25.8 Å². The average Bonchev–Trinajstić information content (AvgIpc) is 2.77. The molecule has 3 unspecified atom stereocenters. The molecule has 0 bridgehead atoms. The molecule has 1 fully saturated rings. The first kappa shape index (κ1) is 19.0. The predicted molar refractivity (Wildman–Crippen MR) is 90.4 cm³/mol. The number of hydrogen-bond donors (Lipinski definition) is 0. The number of allylic oxidation sites excluding steroid dienone is 1. The molecule has 0 radical (unpaired) electrons. The van der Waals surface area contributed by atoms with E-state index in [1.807, 2.05) is 6.92 Å². The second-order valence-corrected chi connectivity index (χ2v) is 6.47. The number of hydrogen-bond acceptors (Lipinski definition) is 6. The maximum Gasteiger partial charge on any atom is 0.334 e. The Balaban J connectivity index is 2.39. The van der Waals surface area contributed by atoms with Gasteiger partial charge in [-0.2, -0.15) is 0 Å². The van der Waals surface area contributed by atoms with Crippen LogP contribution in [0.25, 0.3) is 0 Å². The summed E-state index contributed by atoms with van der Waals surface area (Å²) in [5, 5.41) is 0. The number of carbonyl (C=O) groups is 3. The largest absolute Gasteiger partial charge is 0.461 e. The molecule has 0 aromatic rings. The summed E-state index contributed by atoms with van der Waals surface area (Å²) in [6.45, 7) is 8.59. The van der Waals surface area contributed by atoms with E-state index in [0.29, 0.717) is 18.4 Å². The van der Waals surface area contributed by atoms with Crippen molar-refractivity contribution in [1.82, 2.24) is 0 Å². The van der Waals surface area contributed by atoms with Crippen molar-refractivity contribution in [3.8, 4) is 0 Å². The van der Waals surface area contributed by atoms with E-state index in [-0.39, 0.29) is 12.6 Å². The Bertz CT molecular complexity index is 642. The molecule has 0 spiro atoms. The summed E-state index contributed by atoms with van der Waals surface area (Å²) >= 11 is 0. The van der Waals surface area contributed by atoms with E-state index in [2.05, 4.69) is 12.7 Å². The van der Waals surface area contributed by atoms with Crippen molar-refractivity contribution in [2.75, 3.05) is 6.61 Å². The summed E-state index contributed by atoms with van der Waals surface area (Å²) < 4.78 is 16.0. The monoisotopic (exact) mass is 348 g/mol.